The summed E-state index contributed by atoms with van der Waals surface area (Å²) in [5.41, 5.74) is 2.32. The topological polar surface area (TPSA) is 89.5 Å². The van der Waals surface area contributed by atoms with Crippen molar-refractivity contribution >= 4 is 34.1 Å². The summed E-state index contributed by atoms with van der Waals surface area (Å²) in [6, 6.07) is 20.3. The van der Waals surface area contributed by atoms with Crippen LogP contribution in [0.25, 0.3) is 22.2 Å². The van der Waals surface area contributed by atoms with Crippen LogP contribution in [0.4, 0.5) is 15.8 Å². The maximum Gasteiger partial charge on any atom is 0.240 e. The fourth-order valence-electron chi connectivity index (χ4n) is 4.05. The van der Waals surface area contributed by atoms with Crippen molar-refractivity contribution in [1.82, 2.24) is 4.98 Å². The van der Waals surface area contributed by atoms with Crippen LogP contribution in [0.2, 0.25) is 0 Å². The van der Waals surface area contributed by atoms with Gasteiger partial charge in [-0.3, -0.25) is 9.59 Å². The molecule has 0 spiro atoms. The Morgan fingerprint density at radius 2 is 1.36 bits per heavy atom. The van der Waals surface area contributed by atoms with Crippen LogP contribution in [0, 0.1) is 11.2 Å². The van der Waals surface area contributed by atoms with E-state index >= 15 is 0 Å². The molecule has 1 fully saturated rings. The molecule has 0 radical (unpaired) electrons. The molecular formula is C28H24FN3O4. The van der Waals surface area contributed by atoms with Gasteiger partial charge in [0.2, 0.25) is 11.8 Å². The Hall–Kier alpha value is -4.46. The number of pyridine rings is 1. The summed E-state index contributed by atoms with van der Waals surface area (Å²) in [5, 5.41) is 6.48. The lowest BCUT2D eigenvalue weighted by Gasteiger charge is -2.16. The summed E-state index contributed by atoms with van der Waals surface area (Å²) in [5.74, 6) is 0.0918. The van der Waals surface area contributed by atoms with E-state index in [1.807, 2.05) is 36.4 Å². The standard InChI is InChI=1S/C28H24FN3O4/c1-35-24-15-18-5-12-22(32-23(18)16-25(24)36-2)17-3-8-20(9-4-17)30-26(33)28(13-14-28)27(34)31-21-10-6-19(29)7-11-21/h3-12,15-16H,13-14H2,1-2H3,(H,30,33)(H,31,34). The molecule has 0 aliphatic heterocycles. The van der Waals surface area contributed by atoms with E-state index in [9.17, 15) is 14.0 Å². The van der Waals surface area contributed by atoms with Crippen LogP contribution in [0.1, 0.15) is 12.8 Å². The monoisotopic (exact) mass is 485 g/mol. The van der Waals surface area contributed by atoms with Gasteiger partial charge in [0.15, 0.2) is 11.5 Å². The van der Waals surface area contributed by atoms with Crippen LogP contribution < -0.4 is 20.1 Å². The Bertz CT molecular complexity index is 1450. The summed E-state index contributed by atoms with van der Waals surface area (Å²) >= 11 is 0. The minimum absolute atomic E-state index is 0.361. The number of carbonyl (C=O) groups is 2. The van der Waals surface area contributed by atoms with E-state index in [-0.39, 0.29) is 5.91 Å². The Balaban J connectivity index is 1.29. The summed E-state index contributed by atoms with van der Waals surface area (Å²) < 4.78 is 23.9. The van der Waals surface area contributed by atoms with Gasteiger partial charge in [0.25, 0.3) is 0 Å². The van der Waals surface area contributed by atoms with Gasteiger partial charge in [0, 0.05) is 28.4 Å². The van der Waals surface area contributed by atoms with Crippen LogP contribution in [-0.2, 0) is 9.59 Å². The molecule has 182 valence electrons. The zero-order valence-electron chi connectivity index (χ0n) is 19.8. The van der Waals surface area contributed by atoms with Crippen molar-refractivity contribution in [3.8, 4) is 22.8 Å². The van der Waals surface area contributed by atoms with Gasteiger partial charge in [-0.1, -0.05) is 18.2 Å². The van der Waals surface area contributed by atoms with Crippen molar-refractivity contribution in [3.05, 3.63) is 78.6 Å². The number of benzene rings is 3. The maximum atomic E-state index is 13.1. The number of nitrogens with one attached hydrogen (secondary N) is 2. The van der Waals surface area contributed by atoms with E-state index in [2.05, 4.69) is 10.6 Å². The first-order valence-electron chi connectivity index (χ1n) is 11.4. The largest absolute Gasteiger partial charge is 0.493 e. The van der Waals surface area contributed by atoms with Crippen LogP contribution in [-0.4, -0.2) is 31.0 Å². The summed E-state index contributed by atoms with van der Waals surface area (Å²) in [6.45, 7) is 0. The Kier molecular flexibility index (Phi) is 6.01. The fourth-order valence-corrected chi connectivity index (χ4v) is 4.05. The molecule has 8 heteroatoms. The first-order valence-corrected chi connectivity index (χ1v) is 11.4. The first-order chi connectivity index (χ1) is 17.4. The molecule has 36 heavy (non-hydrogen) atoms. The first kappa shape index (κ1) is 23.3. The highest BCUT2D eigenvalue weighted by Crippen LogP contribution is 2.47. The molecule has 1 aromatic heterocycles. The number of rotatable bonds is 7. The van der Waals surface area contributed by atoms with E-state index in [0.717, 1.165) is 22.2 Å². The predicted molar refractivity (Wildman–Crippen MR) is 136 cm³/mol. The minimum atomic E-state index is -1.12. The number of hydrogen-bond donors (Lipinski definition) is 2. The van der Waals surface area contributed by atoms with Crippen molar-refractivity contribution < 1.29 is 23.5 Å². The van der Waals surface area contributed by atoms with E-state index < -0.39 is 17.1 Å². The molecular weight excluding hydrogens is 461 g/mol. The average Bonchev–Trinajstić information content (AvgIpc) is 3.72. The van der Waals surface area contributed by atoms with E-state index in [1.54, 1.807) is 26.4 Å². The van der Waals surface area contributed by atoms with Gasteiger partial charge in [0.1, 0.15) is 11.2 Å². The van der Waals surface area contributed by atoms with Crippen LogP contribution in [0.5, 0.6) is 11.5 Å². The Morgan fingerprint density at radius 1 is 0.806 bits per heavy atom. The number of amides is 2. The lowest BCUT2D eigenvalue weighted by molar-refractivity contribution is -0.131. The molecule has 1 aliphatic rings. The third-order valence-electron chi connectivity index (χ3n) is 6.35. The molecule has 0 atom stereocenters. The zero-order chi connectivity index (χ0) is 25.3. The fraction of sp³-hybridized carbons (Fsp3) is 0.179. The third-order valence-corrected chi connectivity index (χ3v) is 6.35. The van der Waals surface area contributed by atoms with E-state index in [0.29, 0.717) is 35.7 Å². The summed E-state index contributed by atoms with van der Waals surface area (Å²) in [7, 11) is 3.17. The molecule has 0 saturated heterocycles. The number of fused-ring (bicyclic) bond motifs is 1. The van der Waals surface area contributed by atoms with Gasteiger partial charge in [-0.05, 0) is 61.4 Å². The van der Waals surface area contributed by atoms with Gasteiger partial charge < -0.3 is 20.1 Å². The molecule has 1 aliphatic carbocycles. The smallest absolute Gasteiger partial charge is 0.240 e. The number of aromatic nitrogens is 1. The van der Waals surface area contributed by atoms with Crippen molar-refractivity contribution in [1.29, 1.82) is 0 Å². The molecule has 7 nitrogen and oxygen atoms in total. The molecule has 2 N–H and O–H groups in total. The lowest BCUT2D eigenvalue weighted by atomic mass is 10.0. The number of nitrogens with zero attached hydrogens (tertiary/aromatic N) is 1. The molecule has 4 aromatic rings. The van der Waals surface area contributed by atoms with Crippen molar-refractivity contribution in [2.75, 3.05) is 24.9 Å². The molecule has 1 heterocycles. The molecule has 0 bridgehead atoms. The zero-order valence-corrected chi connectivity index (χ0v) is 19.8. The van der Waals surface area contributed by atoms with Gasteiger partial charge in [-0.2, -0.15) is 0 Å². The number of ether oxygens (including phenoxy) is 2. The normalized spacial score (nSPS) is 13.6. The second kappa shape index (κ2) is 9.30. The Morgan fingerprint density at radius 3 is 1.92 bits per heavy atom. The lowest BCUT2D eigenvalue weighted by Crippen LogP contribution is -2.35. The minimum Gasteiger partial charge on any atom is -0.493 e. The van der Waals surface area contributed by atoms with Crippen molar-refractivity contribution in [3.63, 3.8) is 0 Å². The number of anilines is 2. The highest BCUT2D eigenvalue weighted by Gasteiger charge is 2.56. The summed E-state index contributed by atoms with van der Waals surface area (Å²) in [4.78, 5) is 30.4. The van der Waals surface area contributed by atoms with E-state index in [1.165, 1.54) is 24.3 Å². The maximum absolute atomic E-state index is 13.1. The van der Waals surface area contributed by atoms with Crippen LogP contribution >= 0.6 is 0 Å². The second-order valence-electron chi connectivity index (χ2n) is 8.67. The number of carbonyl (C=O) groups excluding carboxylic acids is 2. The average molecular weight is 486 g/mol. The Labute approximate surface area is 207 Å². The van der Waals surface area contributed by atoms with Gasteiger partial charge in [0.05, 0.1) is 25.4 Å². The quantitative estimate of drug-likeness (QED) is 0.342. The SMILES string of the molecule is COc1cc2ccc(-c3ccc(NC(=O)C4(C(=O)Nc5ccc(F)cc5)CC4)cc3)nc2cc1OC. The second-order valence-corrected chi connectivity index (χ2v) is 8.67. The van der Waals surface area contributed by atoms with Crippen LogP contribution in [0.3, 0.4) is 0 Å². The van der Waals surface area contributed by atoms with Gasteiger partial charge in [-0.25, -0.2) is 9.37 Å². The molecule has 5 rings (SSSR count). The molecule has 0 unspecified atom stereocenters. The van der Waals surface area contributed by atoms with Gasteiger partial charge >= 0.3 is 0 Å². The predicted octanol–water partition coefficient (Wildman–Crippen LogP) is 5.42. The highest BCUT2D eigenvalue weighted by molar-refractivity contribution is 6.16. The van der Waals surface area contributed by atoms with Crippen molar-refractivity contribution in [2.24, 2.45) is 5.41 Å². The molecule has 3 aromatic carbocycles. The van der Waals surface area contributed by atoms with Gasteiger partial charge in [-0.15, -0.1) is 0 Å². The number of hydrogen-bond acceptors (Lipinski definition) is 5. The highest BCUT2D eigenvalue weighted by atomic mass is 19.1. The molecule has 1 saturated carbocycles. The summed E-state index contributed by atoms with van der Waals surface area (Å²) in [6.07, 6.45) is 0.915. The van der Waals surface area contributed by atoms with Crippen molar-refractivity contribution in [2.45, 2.75) is 12.8 Å². The molecule has 2 amide bonds. The third kappa shape index (κ3) is 4.45. The number of halogens is 1. The van der Waals surface area contributed by atoms with E-state index in [4.69, 9.17) is 14.5 Å². The van der Waals surface area contributed by atoms with Crippen LogP contribution in [0.15, 0.2) is 72.8 Å². The number of methoxy groups -OCH3 is 2.